The molecule has 1 heterocycles. The second-order valence-corrected chi connectivity index (χ2v) is 6.85. The molecule has 0 saturated heterocycles. The fourth-order valence-electron chi connectivity index (χ4n) is 1.61. The van der Waals surface area contributed by atoms with Crippen LogP contribution in [0.25, 0.3) is 0 Å². The lowest BCUT2D eigenvalue weighted by molar-refractivity contribution is -0.119. The van der Waals surface area contributed by atoms with E-state index in [2.05, 4.69) is 15.6 Å². The zero-order valence-corrected chi connectivity index (χ0v) is 14.5. The second kappa shape index (κ2) is 7.91. The highest BCUT2D eigenvalue weighted by Gasteiger charge is 2.25. The lowest BCUT2D eigenvalue weighted by atomic mass is 10.1. The quantitative estimate of drug-likeness (QED) is 0.723. The maximum absolute atomic E-state index is 12.3. The predicted octanol–water partition coefficient (Wildman–Crippen LogP) is 1.55. The highest BCUT2D eigenvalue weighted by molar-refractivity contribution is 7.13. The summed E-state index contributed by atoms with van der Waals surface area (Å²) in [7, 11) is 0. The number of nitrogens with zero attached hydrogens (tertiary/aromatic N) is 1. The molecular formula is C14H22N4O4S. The zero-order chi connectivity index (χ0) is 17.6. The van der Waals surface area contributed by atoms with E-state index in [4.69, 9.17) is 10.5 Å². The first-order valence-corrected chi connectivity index (χ1v) is 7.95. The maximum atomic E-state index is 12.3. The Morgan fingerprint density at radius 2 is 2.04 bits per heavy atom. The van der Waals surface area contributed by atoms with E-state index in [-0.39, 0.29) is 12.8 Å². The molecule has 0 aliphatic carbocycles. The number of thiazole rings is 1. The molecule has 23 heavy (non-hydrogen) atoms. The first kappa shape index (κ1) is 18.9. The van der Waals surface area contributed by atoms with Gasteiger partial charge in [0.1, 0.15) is 11.6 Å². The zero-order valence-electron chi connectivity index (χ0n) is 13.6. The normalized spacial score (nSPS) is 12.3. The van der Waals surface area contributed by atoms with Crippen molar-refractivity contribution in [1.29, 1.82) is 0 Å². The van der Waals surface area contributed by atoms with Gasteiger partial charge in [-0.05, 0) is 34.1 Å². The van der Waals surface area contributed by atoms with Crippen molar-refractivity contribution in [3.8, 4) is 0 Å². The largest absolute Gasteiger partial charge is 0.444 e. The minimum Gasteiger partial charge on any atom is -0.444 e. The van der Waals surface area contributed by atoms with Gasteiger partial charge in [-0.25, -0.2) is 9.78 Å². The van der Waals surface area contributed by atoms with Crippen molar-refractivity contribution >= 4 is 34.4 Å². The van der Waals surface area contributed by atoms with Crippen LogP contribution in [-0.2, 0) is 14.3 Å². The third-order valence-electron chi connectivity index (χ3n) is 2.54. The number of nitrogens with one attached hydrogen (secondary N) is 2. The third-order valence-corrected chi connectivity index (χ3v) is 3.41. The van der Waals surface area contributed by atoms with Crippen LogP contribution in [0.2, 0.25) is 0 Å². The fraction of sp³-hybridized carbons (Fsp3) is 0.571. The number of rotatable bonds is 6. The molecule has 1 aromatic heterocycles. The van der Waals surface area contributed by atoms with Crippen molar-refractivity contribution in [3.05, 3.63) is 11.1 Å². The first-order chi connectivity index (χ1) is 10.6. The Balaban J connectivity index is 2.72. The molecule has 4 N–H and O–H groups in total. The van der Waals surface area contributed by atoms with Gasteiger partial charge in [-0.1, -0.05) is 0 Å². The topological polar surface area (TPSA) is 123 Å². The summed E-state index contributed by atoms with van der Waals surface area (Å²) in [4.78, 5) is 39.2. The van der Waals surface area contributed by atoms with Crippen molar-refractivity contribution in [3.63, 3.8) is 0 Å². The molecule has 3 amide bonds. The number of primary amides is 1. The van der Waals surface area contributed by atoms with Crippen LogP contribution in [0.4, 0.5) is 9.93 Å². The SMILES string of the molecule is Cc1csc(NC(=O)[C@H](CCC(N)=O)NC(=O)OC(C)(C)C)n1. The van der Waals surface area contributed by atoms with E-state index in [1.165, 1.54) is 11.3 Å². The molecule has 0 radical (unpaired) electrons. The number of ether oxygens (including phenoxy) is 1. The Labute approximate surface area is 138 Å². The van der Waals surface area contributed by atoms with Crippen LogP contribution in [0.5, 0.6) is 0 Å². The van der Waals surface area contributed by atoms with Crippen molar-refractivity contribution in [2.45, 2.75) is 52.2 Å². The van der Waals surface area contributed by atoms with Crippen LogP contribution in [0.3, 0.4) is 0 Å². The summed E-state index contributed by atoms with van der Waals surface area (Å²) in [6.45, 7) is 6.94. The second-order valence-electron chi connectivity index (χ2n) is 5.99. The van der Waals surface area contributed by atoms with Gasteiger partial charge in [-0.2, -0.15) is 0 Å². The molecule has 1 aromatic rings. The average molecular weight is 342 g/mol. The Morgan fingerprint density at radius 1 is 1.39 bits per heavy atom. The average Bonchev–Trinajstić information content (AvgIpc) is 2.77. The smallest absolute Gasteiger partial charge is 0.408 e. The van der Waals surface area contributed by atoms with Crippen LogP contribution in [0, 0.1) is 6.92 Å². The maximum Gasteiger partial charge on any atom is 0.408 e. The molecule has 0 fully saturated rings. The molecule has 1 atom stereocenters. The predicted molar refractivity (Wildman–Crippen MR) is 87.1 cm³/mol. The molecule has 128 valence electrons. The van der Waals surface area contributed by atoms with E-state index in [1.54, 1.807) is 33.1 Å². The summed E-state index contributed by atoms with van der Waals surface area (Å²) in [6.07, 6.45) is -0.701. The first-order valence-electron chi connectivity index (χ1n) is 7.07. The highest BCUT2D eigenvalue weighted by Crippen LogP contribution is 2.15. The molecule has 0 aliphatic rings. The minimum absolute atomic E-state index is 0.0369. The van der Waals surface area contributed by atoms with Crippen LogP contribution < -0.4 is 16.4 Å². The van der Waals surface area contributed by atoms with E-state index in [9.17, 15) is 14.4 Å². The van der Waals surface area contributed by atoms with Crippen molar-refractivity contribution in [2.24, 2.45) is 5.73 Å². The van der Waals surface area contributed by atoms with Crippen LogP contribution >= 0.6 is 11.3 Å². The minimum atomic E-state index is -0.943. The number of aromatic nitrogens is 1. The number of carbonyl (C=O) groups excluding carboxylic acids is 3. The van der Waals surface area contributed by atoms with Crippen LogP contribution in [-0.4, -0.2) is 34.5 Å². The number of hydrogen-bond donors (Lipinski definition) is 3. The molecule has 0 spiro atoms. The standard InChI is InChI=1S/C14H22N4O4S/c1-8-7-23-12(16-8)18-11(20)9(5-6-10(15)19)17-13(21)22-14(2,3)4/h7,9H,5-6H2,1-4H3,(H2,15,19)(H,17,21)(H,16,18,20)/t9-/m0/s1. The van der Waals surface area contributed by atoms with Gasteiger partial charge in [-0.15, -0.1) is 11.3 Å². The lowest BCUT2D eigenvalue weighted by Crippen LogP contribution is -2.46. The fourth-order valence-corrected chi connectivity index (χ4v) is 2.30. The number of nitrogens with two attached hydrogens (primary N) is 1. The molecule has 8 nitrogen and oxygen atoms in total. The van der Waals surface area contributed by atoms with E-state index in [1.807, 2.05) is 0 Å². The molecule has 0 aromatic carbocycles. The number of anilines is 1. The monoisotopic (exact) mass is 342 g/mol. The Bertz CT molecular complexity index is 580. The van der Waals surface area contributed by atoms with Crippen molar-refractivity contribution in [2.75, 3.05) is 5.32 Å². The molecule has 0 bridgehead atoms. The molecule has 1 rings (SSSR count). The summed E-state index contributed by atoms with van der Waals surface area (Å²) in [5, 5.41) is 7.26. The Hall–Kier alpha value is -2.16. The summed E-state index contributed by atoms with van der Waals surface area (Å²) in [6, 6.07) is -0.943. The lowest BCUT2D eigenvalue weighted by Gasteiger charge is -2.23. The summed E-state index contributed by atoms with van der Waals surface area (Å²) in [5.74, 6) is -1.04. The molecule has 9 heteroatoms. The number of hydrogen-bond acceptors (Lipinski definition) is 6. The van der Waals surface area contributed by atoms with Gasteiger partial charge in [0.05, 0.1) is 5.69 Å². The van der Waals surface area contributed by atoms with Crippen molar-refractivity contribution in [1.82, 2.24) is 10.3 Å². The number of amides is 3. The molecular weight excluding hydrogens is 320 g/mol. The van der Waals surface area contributed by atoms with Gasteiger partial charge in [0.25, 0.3) is 0 Å². The molecule has 0 saturated carbocycles. The third kappa shape index (κ3) is 7.59. The van der Waals surface area contributed by atoms with Gasteiger partial charge >= 0.3 is 6.09 Å². The van der Waals surface area contributed by atoms with Gasteiger partial charge < -0.3 is 21.1 Å². The summed E-state index contributed by atoms with van der Waals surface area (Å²) in [5.41, 5.74) is 5.19. The van der Waals surface area contributed by atoms with Gasteiger partial charge in [-0.3, -0.25) is 9.59 Å². The summed E-state index contributed by atoms with van der Waals surface area (Å²) >= 11 is 1.27. The van der Waals surface area contributed by atoms with Crippen molar-refractivity contribution < 1.29 is 19.1 Å². The van der Waals surface area contributed by atoms with Crippen LogP contribution in [0.1, 0.15) is 39.3 Å². The van der Waals surface area contributed by atoms with Gasteiger partial charge in [0, 0.05) is 11.8 Å². The van der Waals surface area contributed by atoms with E-state index in [0.717, 1.165) is 5.69 Å². The highest BCUT2D eigenvalue weighted by atomic mass is 32.1. The number of aryl methyl sites for hydroxylation is 1. The summed E-state index contributed by atoms with van der Waals surface area (Å²) < 4.78 is 5.12. The van der Waals surface area contributed by atoms with Gasteiger partial charge in [0.2, 0.25) is 11.8 Å². The van der Waals surface area contributed by atoms with E-state index < -0.39 is 29.6 Å². The van der Waals surface area contributed by atoms with E-state index >= 15 is 0 Å². The van der Waals surface area contributed by atoms with Gasteiger partial charge in [0.15, 0.2) is 5.13 Å². The number of carbonyl (C=O) groups is 3. The number of alkyl carbamates (subject to hydrolysis) is 1. The Kier molecular flexibility index (Phi) is 6.49. The van der Waals surface area contributed by atoms with E-state index in [0.29, 0.717) is 5.13 Å². The molecule has 0 unspecified atom stereocenters. The van der Waals surface area contributed by atoms with Crippen LogP contribution in [0.15, 0.2) is 5.38 Å². The molecule has 0 aliphatic heterocycles. The Morgan fingerprint density at radius 3 is 2.52 bits per heavy atom.